The van der Waals surface area contributed by atoms with Crippen molar-refractivity contribution in [1.82, 2.24) is 10.2 Å². The number of hydrogen-bond donors (Lipinski definition) is 0. The highest BCUT2D eigenvalue weighted by Gasteiger charge is 2.26. The van der Waals surface area contributed by atoms with E-state index in [0.29, 0.717) is 11.1 Å². The first-order chi connectivity index (χ1) is 10.4. The number of nitro benzene ring substituents is 2. The van der Waals surface area contributed by atoms with Gasteiger partial charge in [0.1, 0.15) is 11.0 Å². The normalized spacial score (nSPS) is 11.0. The molecule has 0 amide bonds. The predicted molar refractivity (Wildman–Crippen MR) is 79.8 cm³/mol. The van der Waals surface area contributed by atoms with Crippen molar-refractivity contribution in [3.8, 4) is 0 Å². The van der Waals surface area contributed by atoms with Gasteiger partial charge < -0.3 is 0 Å². The molecule has 0 spiro atoms. The first-order valence-electron chi connectivity index (χ1n) is 6.40. The van der Waals surface area contributed by atoms with Crippen LogP contribution in [0.25, 0.3) is 21.8 Å². The Kier molecular flexibility index (Phi) is 2.94. The molecule has 0 atom stereocenters. The first kappa shape index (κ1) is 13.8. The van der Waals surface area contributed by atoms with E-state index in [4.69, 9.17) is 0 Å². The van der Waals surface area contributed by atoms with Crippen molar-refractivity contribution in [3.63, 3.8) is 0 Å². The molecule has 2 aromatic carbocycles. The largest absolute Gasteiger partial charge is 0.282 e. The third kappa shape index (κ3) is 1.85. The lowest BCUT2D eigenvalue weighted by Crippen LogP contribution is -2.00. The Bertz CT molecular complexity index is 889. The van der Waals surface area contributed by atoms with Crippen LogP contribution in [0.1, 0.15) is 11.1 Å². The summed E-state index contributed by atoms with van der Waals surface area (Å²) in [4.78, 5) is 21.8. The van der Waals surface area contributed by atoms with E-state index < -0.39 is 9.85 Å². The Labute approximate surface area is 123 Å². The molecular weight excluding hydrogens is 288 g/mol. The minimum absolute atomic E-state index is 0.158. The van der Waals surface area contributed by atoms with Crippen LogP contribution in [-0.4, -0.2) is 20.0 Å². The second kappa shape index (κ2) is 4.69. The lowest BCUT2D eigenvalue weighted by Gasteiger charge is -2.07. The first-order valence-corrected chi connectivity index (χ1v) is 6.40. The SMILES string of the molecule is Cc1ccc2nnc3ccc(C)c([N+](=O)[O-])c3c2c1[N+](=O)[O-]. The average Bonchev–Trinajstić information content (AvgIpc) is 2.45. The minimum atomic E-state index is -0.537. The van der Waals surface area contributed by atoms with Gasteiger partial charge >= 0.3 is 0 Å². The summed E-state index contributed by atoms with van der Waals surface area (Å²) in [6.07, 6.45) is 0. The summed E-state index contributed by atoms with van der Waals surface area (Å²) in [5.41, 5.74) is 1.01. The molecule has 0 aliphatic heterocycles. The topological polar surface area (TPSA) is 112 Å². The van der Waals surface area contributed by atoms with Gasteiger partial charge in [-0.3, -0.25) is 20.2 Å². The van der Waals surface area contributed by atoms with Gasteiger partial charge in [0, 0.05) is 11.1 Å². The molecule has 3 rings (SSSR count). The molecule has 0 unspecified atom stereocenters. The van der Waals surface area contributed by atoms with Crippen molar-refractivity contribution in [3.05, 3.63) is 55.6 Å². The van der Waals surface area contributed by atoms with Crippen molar-refractivity contribution < 1.29 is 9.85 Å². The van der Waals surface area contributed by atoms with Crippen molar-refractivity contribution >= 4 is 33.2 Å². The highest BCUT2D eigenvalue weighted by Crippen LogP contribution is 2.38. The zero-order valence-electron chi connectivity index (χ0n) is 11.7. The van der Waals surface area contributed by atoms with Crippen molar-refractivity contribution in [1.29, 1.82) is 0 Å². The molecule has 22 heavy (non-hydrogen) atoms. The van der Waals surface area contributed by atoms with Gasteiger partial charge in [0.2, 0.25) is 0 Å². The van der Waals surface area contributed by atoms with Gasteiger partial charge in [0.25, 0.3) is 11.4 Å². The molecule has 8 heteroatoms. The summed E-state index contributed by atoms with van der Waals surface area (Å²) >= 11 is 0. The predicted octanol–water partition coefficient (Wildman–Crippen LogP) is 3.22. The third-order valence-electron chi connectivity index (χ3n) is 3.60. The van der Waals surface area contributed by atoms with E-state index in [1.54, 1.807) is 38.1 Å². The Hall–Kier alpha value is -3.16. The maximum Gasteiger partial charge on any atom is 0.282 e. The Morgan fingerprint density at radius 2 is 1.14 bits per heavy atom. The smallest absolute Gasteiger partial charge is 0.258 e. The molecule has 0 aliphatic rings. The van der Waals surface area contributed by atoms with E-state index >= 15 is 0 Å². The second-order valence-electron chi connectivity index (χ2n) is 4.96. The Morgan fingerprint density at radius 3 is 1.45 bits per heavy atom. The monoisotopic (exact) mass is 298 g/mol. The van der Waals surface area contributed by atoms with E-state index in [0.717, 1.165) is 0 Å². The highest BCUT2D eigenvalue weighted by atomic mass is 16.6. The average molecular weight is 298 g/mol. The van der Waals surface area contributed by atoms with Crippen LogP contribution in [0, 0.1) is 34.1 Å². The van der Waals surface area contributed by atoms with E-state index in [1.165, 1.54) is 0 Å². The van der Waals surface area contributed by atoms with Crippen LogP contribution in [0.4, 0.5) is 11.4 Å². The van der Waals surface area contributed by atoms with E-state index in [2.05, 4.69) is 10.2 Å². The zero-order chi connectivity index (χ0) is 16.0. The van der Waals surface area contributed by atoms with Gasteiger partial charge in [-0.1, -0.05) is 12.1 Å². The molecule has 1 aromatic heterocycles. The van der Waals surface area contributed by atoms with Crippen LogP contribution in [-0.2, 0) is 0 Å². The number of aromatic nitrogens is 2. The molecular formula is C14H10N4O4. The summed E-state index contributed by atoms with van der Waals surface area (Å²) < 4.78 is 0. The molecule has 0 radical (unpaired) electrons. The van der Waals surface area contributed by atoms with Crippen molar-refractivity contribution in [2.24, 2.45) is 0 Å². The number of rotatable bonds is 2. The molecule has 0 N–H and O–H groups in total. The molecule has 0 aliphatic carbocycles. The number of fused-ring (bicyclic) bond motifs is 3. The summed E-state index contributed by atoms with van der Waals surface area (Å²) in [6, 6.07) is 6.28. The lowest BCUT2D eigenvalue weighted by atomic mass is 10.0. The van der Waals surface area contributed by atoms with Crippen LogP contribution in [0.2, 0.25) is 0 Å². The quantitative estimate of drug-likeness (QED) is 0.408. The lowest BCUT2D eigenvalue weighted by molar-refractivity contribution is -0.385. The fourth-order valence-corrected chi connectivity index (χ4v) is 2.61. The maximum absolute atomic E-state index is 11.4. The van der Waals surface area contributed by atoms with Gasteiger partial charge in [-0.2, -0.15) is 0 Å². The number of nitro groups is 2. The number of hydrogen-bond acceptors (Lipinski definition) is 6. The van der Waals surface area contributed by atoms with Crippen LogP contribution in [0.15, 0.2) is 24.3 Å². The standard InChI is InChI=1S/C14H10N4O4/c1-7-3-5-9-11(13(7)17(19)20)12-10(16-15-9)6-4-8(2)14(12)18(21)22/h3-6H,1-2H3. The fourth-order valence-electron chi connectivity index (χ4n) is 2.61. The number of aryl methyl sites for hydroxylation is 2. The van der Waals surface area contributed by atoms with Gasteiger partial charge in [0.15, 0.2) is 0 Å². The molecule has 1 heterocycles. The molecule has 0 bridgehead atoms. The second-order valence-corrected chi connectivity index (χ2v) is 4.96. The molecule has 0 saturated heterocycles. The van der Waals surface area contributed by atoms with Gasteiger partial charge in [-0.05, 0) is 26.0 Å². The van der Waals surface area contributed by atoms with Crippen molar-refractivity contribution in [2.45, 2.75) is 13.8 Å². The zero-order valence-corrected chi connectivity index (χ0v) is 11.7. The van der Waals surface area contributed by atoms with Crippen molar-refractivity contribution in [2.75, 3.05) is 0 Å². The van der Waals surface area contributed by atoms with E-state index in [1.807, 2.05) is 0 Å². The molecule has 110 valence electrons. The molecule has 3 aromatic rings. The van der Waals surface area contributed by atoms with E-state index in [9.17, 15) is 20.2 Å². The van der Waals surface area contributed by atoms with Crippen LogP contribution < -0.4 is 0 Å². The number of benzene rings is 2. The van der Waals surface area contributed by atoms with Crippen LogP contribution >= 0.6 is 0 Å². The van der Waals surface area contributed by atoms with Gasteiger partial charge in [-0.15, -0.1) is 10.2 Å². The Balaban J connectivity index is 2.70. The number of nitrogens with zero attached hydrogens (tertiary/aromatic N) is 4. The summed E-state index contributed by atoms with van der Waals surface area (Å²) in [5.74, 6) is 0. The van der Waals surface area contributed by atoms with Gasteiger partial charge in [0.05, 0.1) is 20.6 Å². The fraction of sp³-hybridized carbons (Fsp3) is 0.143. The van der Waals surface area contributed by atoms with E-state index in [-0.39, 0.29) is 33.2 Å². The highest BCUT2D eigenvalue weighted by molar-refractivity contribution is 6.13. The van der Waals surface area contributed by atoms with Crippen LogP contribution in [0.3, 0.4) is 0 Å². The third-order valence-corrected chi connectivity index (χ3v) is 3.60. The van der Waals surface area contributed by atoms with Gasteiger partial charge in [-0.25, -0.2) is 0 Å². The Morgan fingerprint density at radius 1 is 0.773 bits per heavy atom. The summed E-state index contributed by atoms with van der Waals surface area (Å²) in [5, 5.41) is 31.1. The summed E-state index contributed by atoms with van der Waals surface area (Å²) in [7, 11) is 0. The summed E-state index contributed by atoms with van der Waals surface area (Å²) in [6.45, 7) is 3.18. The molecule has 0 saturated carbocycles. The molecule has 8 nitrogen and oxygen atoms in total. The molecule has 0 fully saturated rings. The minimum Gasteiger partial charge on any atom is -0.258 e. The maximum atomic E-state index is 11.4. The van der Waals surface area contributed by atoms with Crippen LogP contribution in [0.5, 0.6) is 0 Å².